The molecule has 0 saturated carbocycles. The van der Waals surface area contributed by atoms with Gasteiger partial charge in [-0.05, 0) is 51.8 Å². The summed E-state index contributed by atoms with van der Waals surface area (Å²) in [6.07, 6.45) is 0.387. The summed E-state index contributed by atoms with van der Waals surface area (Å²) in [5.41, 5.74) is 0.777. The molecule has 0 bridgehead atoms. The zero-order valence-corrected chi connectivity index (χ0v) is 18.1. The lowest BCUT2D eigenvalue weighted by Gasteiger charge is -2.31. The first-order chi connectivity index (χ1) is 13.6. The molecular weight excluding hydrogens is 391 g/mol. The average molecular weight is 419 g/mol. The SMILES string of the molecule is CC(C(=O)NC(C)(C)C)N(CCc1ccccc1)C(=O)Cc1c(F)cccc1Cl. The van der Waals surface area contributed by atoms with E-state index in [1.54, 1.807) is 13.0 Å². The van der Waals surface area contributed by atoms with E-state index >= 15 is 0 Å². The van der Waals surface area contributed by atoms with Gasteiger partial charge in [0.25, 0.3) is 0 Å². The first kappa shape index (κ1) is 22.9. The zero-order chi connectivity index (χ0) is 21.6. The van der Waals surface area contributed by atoms with Gasteiger partial charge in [0.15, 0.2) is 0 Å². The molecule has 0 radical (unpaired) electrons. The van der Waals surface area contributed by atoms with Crippen LogP contribution in [0.1, 0.15) is 38.8 Å². The molecule has 2 aromatic rings. The first-order valence-corrected chi connectivity index (χ1v) is 10.0. The number of amides is 2. The minimum Gasteiger partial charge on any atom is -0.350 e. The quantitative estimate of drug-likeness (QED) is 0.724. The fourth-order valence-corrected chi connectivity index (χ4v) is 3.23. The highest BCUT2D eigenvalue weighted by molar-refractivity contribution is 6.31. The van der Waals surface area contributed by atoms with Crippen LogP contribution in [0.5, 0.6) is 0 Å². The Balaban J connectivity index is 2.22. The molecule has 2 amide bonds. The standard InChI is InChI=1S/C23H28ClFN2O2/c1-16(22(29)26-23(2,3)4)27(14-13-17-9-6-5-7-10-17)21(28)15-18-19(24)11-8-12-20(18)25/h5-12,16H,13-15H2,1-4H3,(H,26,29). The second-order valence-electron chi connectivity index (χ2n) is 8.11. The molecule has 0 aliphatic heterocycles. The minimum atomic E-state index is -0.698. The van der Waals surface area contributed by atoms with Crippen molar-refractivity contribution in [1.82, 2.24) is 10.2 Å². The maximum Gasteiger partial charge on any atom is 0.242 e. The van der Waals surface area contributed by atoms with Crippen LogP contribution in [0.4, 0.5) is 4.39 Å². The van der Waals surface area contributed by atoms with Crippen LogP contribution in [-0.4, -0.2) is 34.8 Å². The van der Waals surface area contributed by atoms with Crippen molar-refractivity contribution in [3.05, 3.63) is 70.5 Å². The van der Waals surface area contributed by atoms with Gasteiger partial charge in [-0.1, -0.05) is 48.0 Å². The summed E-state index contributed by atoms with van der Waals surface area (Å²) >= 11 is 6.09. The van der Waals surface area contributed by atoms with Gasteiger partial charge >= 0.3 is 0 Å². The number of hydrogen-bond donors (Lipinski definition) is 1. The lowest BCUT2D eigenvalue weighted by molar-refractivity contribution is -0.140. The Bertz CT molecular complexity index is 829. The van der Waals surface area contributed by atoms with Gasteiger partial charge in [0, 0.05) is 22.7 Å². The Kier molecular flexibility index (Phi) is 7.80. The van der Waals surface area contributed by atoms with Crippen molar-refractivity contribution >= 4 is 23.4 Å². The molecule has 0 fully saturated rings. The molecule has 0 aliphatic carbocycles. The molecule has 0 saturated heterocycles. The molecular formula is C23H28ClFN2O2. The summed E-state index contributed by atoms with van der Waals surface area (Å²) < 4.78 is 14.2. The highest BCUT2D eigenvalue weighted by Gasteiger charge is 2.28. The van der Waals surface area contributed by atoms with E-state index in [0.717, 1.165) is 5.56 Å². The van der Waals surface area contributed by atoms with E-state index in [0.29, 0.717) is 13.0 Å². The van der Waals surface area contributed by atoms with Gasteiger partial charge in [-0.2, -0.15) is 0 Å². The highest BCUT2D eigenvalue weighted by Crippen LogP contribution is 2.21. The van der Waals surface area contributed by atoms with Gasteiger partial charge in [0.1, 0.15) is 11.9 Å². The van der Waals surface area contributed by atoms with Crippen LogP contribution < -0.4 is 5.32 Å². The lowest BCUT2D eigenvalue weighted by atomic mass is 10.1. The van der Waals surface area contributed by atoms with Gasteiger partial charge < -0.3 is 10.2 Å². The zero-order valence-electron chi connectivity index (χ0n) is 17.3. The second kappa shape index (κ2) is 9.88. The third-order valence-corrected chi connectivity index (χ3v) is 4.89. The lowest BCUT2D eigenvalue weighted by Crippen LogP contribution is -2.53. The molecule has 2 rings (SSSR count). The summed E-state index contributed by atoms with van der Waals surface area (Å²) in [6, 6.07) is 13.3. The number of halogens is 2. The van der Waals surface area contributed by atoms with E-state index in [1.165, 1.54) is 17.0 Å². The van der Waals surface area contributed by atoms with E-state index in [4.69, 9.17) is 11.6 Å². The molecule has 29 heavy (non-hydrogen) atoms. The van der Waals surface area contributed by atoms with E-state index in [1.807, 2.05) is 51.1 Å². The Morgan fingerprint density at radius 1 is 1.10 bits per heavy atom. The van der Waals surface area contributed by atoms with E-state index in [-0.39, 0.29) is 28.8 Å². The highest BCUT2D eigenvalue weighted by atomic mass is 35.5. The maximum atomic E-state index is 14.2. The van der Waals surface area contributed by atoms with Gasteiger partial charge in [0.2, 0.25) is 11.8 Å². The summed E-state index contributed by atoms with van der Waals surface area (Å²) in [5.74, 6) is -1.12. The van der Waals surface area contributed by atoms with Crippen molar-refractivity contribution in [2.75, 3.05) is 6.54 Å². The molecule has 2 aromatic carbocycles. The van der Waals surface area contributed by atoms with Crippen molar-refractivity contribution in [2.45, 2.75) is 52.1 Å². The van der Waals surface area contributed by atoms with Crippen molar-refractivity contribution in [3.8, 4) is 0 Å². The number of rotatable bonds is 7. The van der Waals surface area contributed by atoms with Crippen LogP contribution in [0.2, 0.25) is 5.02 Å². The number of hydrogen-bond acceptors (Lipinski definition) is 2. The van der Waals surface area contributed by atoms with Gasteiger partial charge in [0.05, 0.1) is 6.42 Å². The second-order valence-corrected chi connectivity index (χ2v) is 8.52. The van der Waals surface area contributed by atoms with Gasteiger partial charge in [-0.15, -0.1) is 0 Å². The normalized spacial score (nSPS) is 12.3. The minimum absolute atomic E-state index is 0.146. The third kappa shape index (κ3) is 6.86. The number of nitrogens with zero attached hydrogens (tertiary/aromatic N) is 1. The number of nitrogens with one attached hydrogen (secondary N) is 1. The Morgan fingerprint density at radius 2 is 1.76 bits per heavy atom. The van der Waals surface area contributed by atoms with E-state index in [2.05, 4.69) is 5.32 Å². The van der Waals surface area contributed by atoms with Crippen LogP contribution in [-0.2, 0) is 22.4 Å². The number of carbonyl (C=O) groups excluding carboxylic acids is 2. The van der Waals surface area contributed by atoms with Crippen LogP contribution in [0.3, 0.4) is 0 Å². The maximum absolute atomic E-state index is 14.2. The Labute approximate surface area is 177 Å². The van der Waals surface area contributed by atoms with Crippen molar-refractivity contribution in [3.63, 3.8) is 0 Å². The van der Waals surface area contributed by atoms with Crippen LogP contribution in [0, 0.1) is 5.82 Å². The molecule has 0 aromatic heterocycles. The van der Waals surface area contributed by atoms with Gasteiger partial charge in [-0.3, -0.25) is 9.59 Å². The van der Waals surface area contributed by atoms with Crippen molar-refractivity contribution in [2.24, 2.45) is 0 Å². The van der Waals surface area contributed by atoms with Crippen molar-refractivity contribution in [1.29, 1.82) is 0 Å². The third-order valence-electron chi connectivity index (χ3n) is 4.54. The fraction of sp³-hybridized carbons (Fsp3) is 0.391. The molecule has 4 nitrogen and oxygen atoms in total. The van der Waals surface area contributed by atoms with Crippen LogP contribution >= 0.6 is 11.6 Å². The summed E-state index contributed by atoms with van der Waals surface area (Å²) in [5, 5.41) is 3.11. The largest absolute Gasteiger partial charge is 0.350 e. The monoisotopic (exact) mass is 418 g/mol. The predicted octanol–water partition coefficient (Wildman–Crippen LogP) is 4.40. The molecule has 156 valence electrons. The Hall–Kier alpha value is -2.40. The first-order valence-electron chi connectivity index (χ1n) is 9.67. The van der Waals surface area contributed by atoms with Crippen LogP contribution in [0.15, 0.2) is 48.5 Å². The smallest absolute Gasteiger partial charge is 0.242 e. The number of carbonyl (C=O) groups is 2. The summed E-state index contributed by atoms with van der Waals surface area (Å²) in [4.78, 5) is 27.3. The Morgan fingerprint density at radius 3 is 2.34 bits per heavy atom. The predicted molar refractivity (Wildman–Crippen MR) is 114 cm³/mol. The van der Waals surface area contributed by atoms with Crippen LogP contribution in [0.25, 0.3) is 0 Å². The van der Waals surface area contributed by atoms with E-state index < -0.39 is 17.4 Å². The molecule has 1 unspecified atom stereocenters. The number of benzene rings is 2. The molecule has 1 atom stereocenters. The fourth-order valence-electron chi connectivity index (χ4n) is 3.00. The van der Waals surface area contributed by atoms with Gasteiger partial charge in [-0.25, -0.2) is 4.39 Å². The molecule has 0 spiro atoms. The molecule has 6 heteroatoms. The topological polar surface area (TPSA) is 49.4 Å². The molecule has 1 N–H and O–H groups in total. The van der Waals surface area contributed by atoms with Crippen molar-refractivity contribution < 1.29 is 14.0 Å². The van der Waals surface area contributed by atoms with E-state index in [9.17, 15) is 14.0 Å². The summed E-state index contributed by atoms with van der Waals surface area (Å²) in [6.45, 7) is 7.67. The molecule has 0 aliphatic rings. The summed E-state index contributed by atoms with van der Waals surface area (Å²) in [7, 11) is 0. The molecule has 0 heterocycles. The average Bonchev–Trinajstić information content (AvgIpc) is 2.64.